The fraction of sp³-hybridized carbons (Fsp3) is 0.500. The van der Waals surface area contributed by atoms with E-state index in [0.29, 0.717) is 35.1 Å². The first kappa shape index (κ1) is 17.9. The van der Waals surface area contributed by atoms with Gasteiger partial charge < -0.3 is 15.0 Å². The molecule has 1 aliphatic heterocycles. The molecule has 0 aliphatic carbocycles. The van der Waals surface area contributed by atoms with Crippen LogP contribution in [0.25, 0.3) is 0 Å². The maximum Gasteiger partial charge on any atom is 0.410 e. The average Bonchev–Trinajstić information content (AvgIpc) is 2.84. The number of benzene rings is 1. The van der Waals surface area contributed by atoms with E-state index in [1.165, 1.54) is 0 Å². The van der Waals surface area contributed by atoms with Crippen molar-refractivity contribution in [3.8, 4) is 0 Å². The Bertz CT molecular complexity index is 594. The van der Waals surface area contributed by atoms with Crippen LogP contribution in [0.3, 0.4) is 0 Å². The lowest BCUT2D eigenvalue weighted by Crippen LogP contribution is -2.40. The van der Waals surface area contributed by atoms with E-state index in [9.17, 15) is 9.59 Å². The van der Waals surface area contributed by atoms with Crippen LogP contribution in [0, 0.1) is 0 Å². The van der Waals surface area contributed by atoms with Crippen LogP contribution in [-0.4, -0.2) is 41.6 Å². The Morgan fingerprint density at radius 3 is 2.39 bits per heavy atom. The summed E-state index contributed by atoms with van der Waals surface area (Å²) >= 11 is 11.8. The molecular formula is C16H20Cl2N2O3. The minimum Gasteiger partial charge on any atom is -0.444 e. The van der Waals surface area contributed by atoms with Crippen molar-refractivity contribution < 1.29 is 14.3 Å². The van der Waals surface area contributed by atoms with Crippen molar-refractivity contribution in [2.75, 3.05) is 13.1 Å². The summed E-state index contributed by atoms with van der Waals surface area (Å²) in [6, 6.07) is 4.57. The first-order valence-corrected chi connectivity index (χ1v) is 8.14. The van der Waals surface area contributed by atoms with Gasteiger partial charge in [-0.3, -0.25) is 4.79 Å². The summed E-state index contributed by atoms with van der Waals surface area (Å²) in [5, 5.41) is 3.71. The fourth-order valence-corrected chi connectivity index (χ4v) is 2.85. The van der Waals surface area contributed by atoms with Gasteiger partial charge in [-0.2, -0.15) is 0 Å². The molecule has 1 aliphatic rings. The number of hydrogen-bond donors (Lipinski definition) is 1. The minimum absolute atomic E-state index is 0.118. The summed E-state index contributed by atoms with van der Waals surface area (Å²) < 4.78 is 5.33. The van der Waals surface area contributed by atoms with Gasteiger partial charge in [-0.05, 0) is 45.4 Å². The molecule has 5 nitrogen and oxygen atoms in total. The average molecular weight is 359 g/mol. The van der Waals surface area contributed by atoms with Crippen molar-refractivity contribution >= 4 is 35.2 Å². The second-order valence-corrected chi connectivity index (χ2v) is 7.42. The van der Waals surface area contributed by atoms with Gasteiger partial charge in [0.2, 0.25) is 0 Å². The number of halogens is 2. The van der Waals surface area contributed by atoms with Gasteiger partial charge >= 0.3 is 6.09 Å². The molecular weight excluding hydrogens is 339 g/mol. The summed E-state index contributed by atoms with van der Waals surface area (Å²) in [4.78, 5) is 25.9. The third-order valence-electron chi connectivity index (χ3n) is 3.30. The Hall–Kier alpha value is -1.46. The Kier molecular flexibility index (Phi) is 5.42. The SMILES string of the molecule is CC(C)(C)OC(=O)N1CCC(NC(=O)c2cc(Cl)cc(Cl)c2)C1. The number of nitrogens with one attached hydrogen (secondary N) is 1. The second-order valence-electron chi connectivity index (χ2n) is 6.54. The van der Waals surface area contributed by atoms with Crippen LogP contribution in [0.2, 0.25) is 10.0 Å². The number of nitrogens with zero attached hydrogens (tertiary/aromatic N) is 1. The number of carbonyl (C=O) groups excluding carboxylic acids is 2. The molecule has 1 heterocycles. The molecule has 7 heteroatoms. The highest BCUT2D eigenvalue weighted by atomic mass is 35.5. The van der Waals surface area contributed by atoms with Crippen LogP contribution in [-0.2, 0) is 4.74 Å². The topological polar surface area (TPSA) is 58.6 Å². The molecule has 0 spiro atoms. The third kappa shape index (κ3) is 5.29. The molecule has 1 fully saturated rings. The van der Waals surface area contributed by atoms with Crippen LogP contribution in [0.15, 0.2) is 18.2 Å². The quantitative estimate of drug-likeness (QED) is 0.875. The molecule has 1 unspecified atom stereocenters. The molecule has 1 saturated heterocycles. The third-order valence-corrected chi connectivity index (χ3v) is 3.74. The summed E-state index contributed by atoms with van der Waals surface area (Å²) in [7, 11) is 0. The molecule has 23 heavy (non-hydrogen) atoms. The maximum absolute atomic E-state index is 12.2. The van der Waals surface area contributed by atoms with Crippen LogP contribution in [0.4, 0.5) is 4.79 Å². The molecule has 2 amide bonds. The number of ether oxygens (including phenoxy) is 1. The molecule has 1 aromatic rings. The van der Waals surface area contributed by atoms with Crippen molar-refractivity contribution in [3.05, 3.63) is 33.8 Å². The lowest BCUT2D eigenvalue weighted by atomic mass is 10.2. The number of amides is 2. The van der Waals surface area contributed by atoms with Gasteiger partial charge in [0, 0.05) is 34.7 Å². The smallest absolute Gasteiger partial charge is 0.410 e. The Balaban J connectivity index is 1.92. The highest BCUT2D eigenvalue weighted by Gasteiger charge is 2.30. The molecule has 1 atom stereocenters. The van der Waals surface area contributed by atoms with Gasteiger partial charge in [0.1, 0.15) is 5.60 Å². The lowest BCUT2D eigenvalue weighted by molar-refractivity contribution is 0.0290. The van der Waals surface area contributed by atoms with E-state index in [1.807, 2.05) is 20.8 Å². The van der Waals surface area contributed by atoms with Gasteiger partial charge in [0.05, 0.1) is 0 Å². The molecule has 0 radical (unpaired) electrons. The van der Waals surface area contributed by atoms with Crippen LogP contribution in [0.1, 0.15) is 37.6 Å². The molecule has 2 rings (SSSR count). The van der Waals surface area contributed by atoms with Crippen molar-refractivity contribution in [3.63, 3.8) is 0 Å². The highest BCUT2D eigenvalue weighted by Crippen LogP contribution is 2.20. The van der Waals surface area contributed by atoms with E-state index >= 15 is 0 Å². The summed E-state index contributed by atoms with van der Waals surface area (Å²) in [5.41, 5.74) is -0.131. The maximum atomic E-state index is 12.2. The van der Waals surface area contributed by atoms with E-state index in [4.69, 9.17) is 27.9 Å². The molecule has 1 aromatic carbocycles. The van der Waals surface area contributed by atoms with Crippen molar-refractivity contribution in [1.29, 1.82) is 0 Å². The largest absolute Gasteiger partial charge is 0.444 e. The van der Waals surface area contributed by atoms with E-state index in [1.54, 1.807) is 23.1 Å². The predicted octanol–water partition coefficient (Wildman–Crippen LogP) is 3.73. The molecule has 126 valence electrons. The lowest BCUT2D eigenvalue weighted by Gasteiger charge is -2.24. The first-order valence-electron chi connectivity index (χ1n) is 7.39. The zero-order valence-electron chi connectivity index (χ0n) is 13.4. The molecule has 0 bridgehead atoms. The monoisotopic (exact) mass is 358 g/mol. The zero-order valence-corrected chi connectivity index (χ0v) is 14.9. The van der Waals surface area contributed by atoms with Gasteiger partial charge in [0.15, 0.2) is 0 Å². The molecule has 0 aromatic heterocycles. The Labute approximate surface area is 145 Å². The number of carbonyl (C=O) groups is 2. The summed E-state index contributed by atoms with van der Waals surface area (Å²) in [6.07, 6.45) is 0.319. The van der Waals surface area contributed by atoms with Gasteiger partial charge in [0.25, 0.3) is 5.91 Å². The predicted molar refractivity (Wildman–Crippen MR) is 90.1 cm³/mol. The van der Waals surface area contributed by atoms with E-state index in [0.717, 1.165) is 0 Å². The van der Waals surface area contributed by atoms with Crippen LogP contribution < -0.4 is 5.32 Å². The Morgan fingerprint density at radius 2 is 1.83 bits per heavy atom. The van der Waals surface area contributed by atoms with Gasteiger partial charge in [-0.15, -0.1) is 0 Å². The van der Waals surface area contributed by atoms with Gasteiger partial charge in [-0.25, -0.2) is 4.79 Å². The number of likely N-dealkylation sites (tertiary alicyclic amines) is 1. The van der Waals surface area contributed by atoms with Crippen molar-refractivity contribution in [1.82, 2.24) is 10.2 Å². The number of hydrogen-bond acceptors (Lipinski definition) is 3. The van der Waals surface area contributed by atoms with Crippen LogP contribution in [0.5, 0.6) is 0 Å². The molecule has 0 saturated carbocycles. The van der Waals surface area contributed by atoms with Crippen molar-refractivity contribution in [2.24, 2.45) is 0 Å². The van der Waals surface area contributed by atoms with Crippen LogP contribution >= 0.6 is 23.2 Å². The first-order chi connectivity index (χ1) is 10.6. The summed E-state index contributed by atoms with van der Waals surface area (Å²) in [6.45, 7) is 6.44. The summed E-state index contributed by atoms with van der Waals surface area (Å²) in [5.74, 6) is -0.259. The normalized spacial score (nSPS) is 18.0. The second kappa shape index (κ2) is 6.97. The standard InChI is InChI=1S/C16H20Cl2N2O3/c1-16(2,3)23-15(22)20-5-4-13(9-20)19-14(21)10-6-11(17)8-12(18)7-10/h6-8,13H,4-5,9H2,1-3H3,(H,19,21). The highest BCUT2D eigenvalue weighted by molar-refractivity contribution is 6.35. The van der Waals surface area contributed by atoms with Crippen molar-refractivity contribution in [2.45, 2.75) is 38.8 Å². The minimum atomic E-state index is -0.532. The van der Waals surface area contributed by atoms with E-state index in [-0.39, 0.29) is 18.0 Å². The number of rotatable bonds is 2. The van der Waals surface area contributed by atoms with E-state index in [2.05, 4.69) is 5.32 Å². The van der Waals surface area contributed by atoms with E-state index < -0.39 is 5.60 Å². The zero-order chi connectivity index (χ0) is 17.2. The molecule has 1 N–H and O–H groups in total. The fourth-order valence-electron chi connectivity index (χ4n) is 2.32. The Morgan fingerprint density at radius 1 is 1.22 bits per heavy atom. The van der Waals surface area contributed by atoms with Gasteiger partial charge in [-0.1, -0.05) is 23.2 Å².